The van der Waals surface area contributed by atoms with Gasteiger partial charge in [-0.1, -0.05) is 0 Å². The largest absolute Gasteiger partial charge is 0.348 e. The molecule has 2 N–H and O–H groups in total. The van der Waals surface area contributed by atoms with E-state index in [0.29, 0.717) is 0 Å². The van der Waals surface area contributed by atoms with Crippen LogP contribution in [0.15, 0.2) is 12.5 Å². The highest BCUT2D eigenvalue weighted by Crippen LogP contribution is 2.17. The number of aryl methyl sites for hydroxylation is 1. The maximum absolute atomic E-state index is 4.02. The minimum Gasteiger partial charge on any atom is -0.348 e. The van der Waals surface area contributed by atoms with Crippen molar-refractivity contribution in [2.24, 2.45) is 5.92 Å². The Morgan fingerprint density at radius 3 is 2.92 bits per heavy atom. The third-order valence-corrected chi connectivity index (χ3v) is 2.84. The zero-order valence-electron chi connectivity index (χ0n) is 7.92. The van der Waals surface area contributed by atoms with Gasteiger partial charge in [-0.3, -0.25) is 0 Å². The second-order valence-corrected chi connectivity index (χ2v) is 3.81. The number of aromatic nitrogens is 2. The Balaban J connectivity index is 1.72. The van der Waals surface area contributed by atoms with Gasteiger partial charge in [0.15, 0.2) is 0 Å². The average molecular weight is 179 g/mol. The van der Waals surface area contributed by atoms with Gasteiger partial charge in [-0.25, -0.2) is 4.98 Å². The molecule has 2 rings (SSSR count). The van der Waals surface area contributed by atoms with Crippen LogP contribution in [0.2, 0.25) is 0 Å². The first-order chi connectivity index (χ1) is 6.45. The quantitative estimate of drug-likeness (QED) is 0.735. The van der Waals surface area contributed by atoms with Crippen molar-refractivity contribution in [3.8, 4) is 0 Å². The van der Waals surface area contributed by atoms with E-state index in [0.717, 1.165) is 12.3 Å². The molecule has 0 aromatic carbocycles. The fourth-order valence-electron chi connectivity index (χ4n) is 1.95. The van der Waals surface area contributed by atoms with E-state index in [1.807, 2.05) is 6.20 Å². The van der Waals surface area contributed by atoms with Gasteiger partial charge in [-0.05, 0) is 44.7 Å². The summed E-state index contributed by atoms with van der Waals surface area (Å²) >= 11 is 0. The Morgan fingerprint density at radius 1 is 1.38 bits per heavy atom. The predicted molar refractivity (Wildman–Crippen MR) is 52.5 cm³/mol. The van der Waals surface area contributed by atoms with Crippen LogP contribution < -0.4 is 5.32 Å². The smallest absolute Gasteiger partial charge is 0.0921 e. The maximum Gasteiger partial charge on any atom is 0.0921 e. The van der Waals surface area contributed by atoms with E-state index in [-0.39, 0.29) is 0 Å². The highest BCUT2D eigenvalue weighted by atomic mass is 14.9. The van der Waals surface area contributed by atoms with Crippen LogP contribution >= 0.6 is 0 Å². The van der Waals surface area contributed by atoms with Gasteiger partial charge >= 0.3 is 0 Å². The number of aromatic amines is 1. The zero-order chi connectivity index (χ0) is 8.93. The summed E-state index contributed by atoms with van der Waals surface area (Å²) in [5, 5.41) is 3.39. The number of imidazole rings is 1. The second kappa shape index (κ2) is 4.42. The zero-order valence-corrected chi connectivity index (χ0v) is 7.92. The average Bonchev–Trinajstić information content (AvgIpc) is 2.69. The minimum absolute atomic E-state index is 0.921. The third-order valence-electron chi connectivity index (χ3n) is 2.84. The summed E-state index contributed by atoms with van der Waals surface area (Å²) in [7, 11) is 0. The molecule has 0 bridgehead atoms. The van der Waals surface area contributed by atoms with E-state index in [9.17, 15) is 0 Å². The molecule has 1 aromatic rings. The lowest BCUT2D eigenvalue weighted by molar-refractivity contribution is 0.353. The van der Waals surface area contributed by atoms with Gasteiger partial charge in [-0.2, -0.15) is 0 Å². The molecule has 0 amide bonds. The lowest BCUT2D eigenvalue weighted by Gasteiger charge is -2.21. The lowest BCUT2D eigenvalue weighted by Crippen LogP contribution is -2.27. The fourth-order valence-corrected chi connectivity index (χ4v) is 1.95. The van der Waals surface area contributed by atoms with Gasteiger partial charge in [0.2, 0.25) is 0 Å². The molecule has 1 fully saturated rings. The molecule has 1 aliphatic heterocycles. The first kappa shape index (κ1) is 8.75. The Hall–Kier alpha value is -0.830. The van der Waals surface area contributed by atoms with Gasteiger partial charge in [0.1, 0.15) is 0 Å². The Bertz CT molecular complexity index is 224. The van der Waals surface area contributed by atoms with E-state index < -0.39 is 0 Å². The maximum atomic E-state index is 4.02. The van der Waals surface area contributed by atoms with Crippen LogP contribution in [0.5, 0.6) is 0 Å². The lowest BCUT2D eigenvalue weighted by atomic mass is 9.93. The molecular weight excluding hydrogens is 162 g/mol. The van der Waals surface area contributed by atoms with Crippen LogP contribution in [0.25, 0.3) is 0 Å². The molecule has 1 aromatic heterocycles. The Morgan fingerprint density at radius 2 is 2.23 bits per heavy atom. The molecule has 0 radical (unpaired) electrons. The van der Waals surface area contributed by atoms with Crippen molar-refractivity contribution in [2.75, 3.05) is 13.1 Å². The minimum atomic E-state index is 0.921. The summed E-state index contributed by atoms with van der Waals surface area (Å²) < 4.78 is 0. The molecule has 0 spiro atoms. The summed E-state index contributed by atoms with van der Waals surface area (Å²) in [6.45, 7) is 2.40. The molecule has 0 saturated carbocycles. The van der Waals surface area contributed by atoms with Crippen LogP contribution in [0.1, 0.15) is 25.0 Å². The van der Waals surface area contributed by atoms with E-state index in [2.05, 4.69) is 15.3 Å². The van der Waals surface area contributed by atoms with Crippen LogP contribution in [-0.4, -0.2) is 23.1 Å². The molecule has 0 unspecified atom stereocenters. The first-order valence-electron chi connectivity index (χ1n) is 5.13. The molecule has 3 heteroatoms. The number of rotatable bonds is 3. The predicted octanol–water partition coefficient (Wildman–Crippen LogP) is 1.34. The van der Waals surface area contributed by atoms with E-state index >= 15 is 0 Å². The molecule has 2 heterocycles. The van der Waals surface area contributed by atoms with Crippen molar-refractivity contribution >= 4 is 0 Å². The molecule has 1 saturated heterocycles. The standard InChI is InChI=1S/C10H17N3/c1(2-10-7-12-8-13-10)9-3-5-11-6-4-9/h7-9,11H,1-6H2,(H,12,13). The van der Waals surface area contributed by atoms with E-state index in [1.165, 1.54) is 38.0 Å². The van der Waals surface area contributed by atoms with Gasteiger partial charge in [0.25, 0.3) is 0 Å². The third kappa shape index (κ3) is 2.56. The molecular formula is C10H17N3. The monoisotopic (exact) mass is 179 g/mol. The van der Waals surface area contributed by atoms with Crippen molar-refractivity contribution in [3.63, 3.8) is 0 Å². The number of H-pyrrole nitrogens is 1. The highest BCUT2D eigenvalue weighted by Gasteiger charge is 2.12. The normalized spacial score (nSPS) is 19.1. The van der Waals surface area contributed by atoms with Crippen LogP contribution in [0.4, 0.5) is 0 Å². The second-order valence-electron chi connectivity index (χ2n) is 3.81. The van der Waals surface area contributed by atoms with Crippen molar-refractivity contribution in [3.05, 3.63) is 18.2 Å². The van der Waals surface area contributed by atoms with Crippen LogP contribution in [0.3, 0.4) is 0 Å². The van der Waals surface area contributed by atoms with Crippen molar-refractivity contribution < 1.29 is 0 Å². The van der Waals surface area contributed by atoms with Gasteiger partial charge < -0.3 is 10.3 Å². The first-order valence-corrected chi connectivity index (χ1v) is 5.13. The Kier molecular flexibility index (Phi) is 2.98. The van der Waals surface area contributed by atoms with E-state index in [1.54, 1.807) is 6.33 Å². The van der Waals surface area contributed by atoms with Gasteiger partial charge in [0.05, 0.1) is 6.33 Å². The van der Waals surface area contributed by atoms with Crippen molar-refractivity contribution in [2.45, 2.75) is 25.7 Å². The number of hydrogen-bond donors (Lipinski definition) is 2. The molecule has 1 aliphatic rings. The number of nitrogens with zero attached hydrogens (tertiary/aromatic N) is 1. The number of nitrogens with one attached hydrogen (secondary N) is 2. The molecule has 13 heavy (non-hydrogen) atoms. The van der Waals surface area contributed by atoms with Gasteiger partial charge in [0, 0.05) is 11.9 Å². The van der Waals surface area contributed by atoms with Gasteiger partial charge in [-0.15, -0.1) is 0 Å². The van der Waals surface area contributed by atoms with Crippen molar-refractivity contribution in [1.29, 1.82) is 0 Å². The molecule has 0 aliphatic carbocycles. The summed E-state index contributed by atoms with van der Waals surface area (Å²) in [5.41, 5.74) is 1.28. The molecule has 0 atom stereocenters. The highest BCUT2D eigenvalue weighted by molar-refractivity contribution is 4.94. The fraction of sp³-hybridized carbons (Fsp3) is 0.700. The topological polar surface area (TPSA) is 40.7 Å². The summed E-state index contributed by atoms with van der Waals surface area (Å²) in [5.74, 6) is 0.921. The molecule has 3 nitrogen and oxygen atoms in total. The SMILES string of the molecule is c1ncc(CCC2CCNCC2)[nH]1. The number of hydrogen-bond acceptors (Lipinski definition) is 2. The van der Waals surface area contributed by atoms with E-state index in [4.69, 9.17) is 0 Å². The van der Waals surface area contributed by atoms with Crippen LogP contribution in [0, 0.1) is 5.92 Å². The summed E-state index contributed by atoms with van der Waals surface area (Å²) in [6.07, 6.45) is 8.84. The molecule has 72 valence electrons. The van der Waals surface area contributed by atoms with Crippen molar-refractivity contribution in [1.82, 2.24) is 15.3 Å². The summed E-state index contributed by atoms with van der Waals surface area (Å²) in [4.78, 5) is 7.17. The summed E-state index contributed by atoms with van der Waals surface area (Å²) in [6, 6.07) is 0. The number of piperidine rings is 1. The Labute approximate surface area is 79.0 Å². The van der Waals surface area contributed by atoms with Crippen LogP contribution in [-0.2, 0) is 6.42 Å².